The Bertz CT molecular complexity index is 1010. The monoisotopic (exact) mass is 421 g/mol. The molecule has 3 rings (SSSR count). The van der Waals surface area contributed by atoms with E-state index in [1.807, 2.05) is 30.5 Å². The molecule has 140 valence electrons. The number of aryl methyl sites for hydroxylation is 1. The molecule has 0 atom stereocenters. The molecule has 2 amide bonds. The highest BCUT2D eigenvalue weighted by Gasteiger charge is 2.32. The van der Waals surface area contributed by atoms with Crippen LogP contribution < -0.4 is 5.32 Å². The number of benzene rings is 1. The van der Waals surface area contributed by atoms with Crippen molar-refractivity contribution in [3.05, 3.63) is 56.8 Å². The highest BCUT2D eigenvalue weighted by atomic mass is 35.5. The normalized spacial score (nSPS) is 16.3. The number of hydrogen-bond acceptors (Lipinski definition) is 3. The van der Waals surface area contributed by atoms with Crippen molar-refractivity contribution < 1.29 is 9.59 Å². The van der Waals surface area contributed by atoms with Crippen LogP contribution in [-0.2, 0) is 9.59 Å². The molecule has 1 aliphatic rings. The maximum Gasteiger partial charge on any atom is 0.265 e. The SMILES string of the molecule is CCN1C(=O)/C(=C/c2cc(C)n(-c3ccc(Cl)cc3Cl)c2C)C(=O)NC1=S. The van der Waals surface area contributed by atoms with Crippen LogP contribution in [0.1, 0.15) is 23.9 Å². The molecular weight excluding hydrogens is 405 g/mol. The largest absolute Gasteiger partial charge is 0.316 e. The van der Waals surface area contributed by atoms with Gasteiger partial charge in [0.1, 0.15) is 5.57 Å². The van der Waals surface area contributed by atoms with Crippen molar-refractivity contribution in [2.24, 2.45) is 0 Å². The molecule has 0 aliphatic carbocycles. The van der Waals surface area contributed by atoms with Crippen molar-refractivity contribution in [1.29, 1.82) is 0 Å². The Morgan fingerprint density at radius 3 is 2.52 bits per heavy atom. The fraction of sp³-hybridized carbons (Fsp3) is 0.211. The second kappa shape index (κ2) is 7.46. The first kappa shape index (κ1) is 19.6. The topological polar surface area (TPSA) is 54.3 Å². The average molecular weight is 422 g/mol. The van der Waals surface area contributed by atoms with E-state index in [-0.39, 0.29) is 10.7 Å². The summed E-state index contributed by atoms with van der Waals surface area (Å²) in [4.78, 5) is 26.3. The van der Waals surface area contributed by atoms with E-state index in [0.717, 1.165) is 22.6 Å². The highest BCUT2D eigenvalue weighted by molar-refractivity contribution is 7.80. The molecule has 0 radical (unpaired) electrons. The Balaban J connectivity index is 2.09. The van der Waals surface area contributed by atoms with Crippen molar-refractivity contribution in [2.45, 2.75) is 20.8 Å². The molecule has 0 spiro atoms. The van der Waals surface area contributed by atoms with E-state index in [4.69, 9.17) is 35.4 Å². The zero-order valence-corrected chi connectivity index (χ0v) is 17.3. The highest BCUT2D eigenvalue weighted by Crippen LogP contribution is 2.30. The fourth-order valence-electron chi connectivity index (χ4n) is 3.10. The third kappa shape index (κ3) is 3.52. The summed E-state index contributed by atoms with van der Waals surface area (Å²) in [5.74, 6) is -0.899. The molecule has 8 heteroatoms. The lowest BCUT2D eigenvalue weighted by molar-refractivity contribution is -0.128. The van der Waals surface area contributed by atoms with Crippen molar-refractivity contribution in [3.63, 3.8) is 0 Å². The smallest absolute Gasteiger partial charge is 0.265 e. The van der Waals surface area contributed by atoms with E-state index in [2.05, 4.69) is 5.32 Å². The van der Waals surface area contributed by atoms with Gasteiger partial charge in [-0.25, -0.2) is 0 Å². The lowest BCUT2D eigenvalue weighted by Crippen LogP contribution is -2.53. The quantitative estimate of drug-likeness (QED) is 0.462. The van der Waals surface area contributed by atoms with Gasteiger partial charge >= 0.3 is 0 Å². The Labute approximate surface area is 172 Å². The van der Waals surface area contributed by atoms with Crippen molar-refractivity contribution in [1.82, 2.24) is 14.8 Å². The molecule has 1 aliphatic heterocycles. The molecule has 0 bridgehead atoms. The molecule has 1 aromatic heterocycles. The maximum atomic E-state index is 12.6. The summed E-state index contributed by atoms with van der Waals surface area (Å²) in [6, 6.07) is 7.17. The molecule has 0 saturated carbocycles. The van der Waals surface area contributed by atoms with Gasteiger partial charge in [-0.1, -0.05) is 23.2 Å². The van der Waals surface area contributed by atoms with Crippen LogP contribution in [0.25, 0.3) is 11.8 Å². The summed E-state index contributed by atoms with van der Waals surface area (Å²) in [6.07, 6.45) is 1.59. The molecule has 1 aromatic carbocycles. The number of aromatic nitrogens is 1. The summed E-state index contributed by atoms with van der Waals surface area (Å²) >= 11 is 17.4. The summed E-state index contributed by atoms with van der Waals surface area (Å²) in [7, 11) is 0. The molecule has 1 saturated heterocycles. The predicted octanol–water partition coefficient (Wildman–Crippen LogP) is 4.05. The van der Waals surface area contributed by atoms with Gasteiger partial charge in [0.15, 0.2) is 5.11 Å². The molecule has 5 nitrogen and oxygen atoms in total. The van der Waals surface area contributed by atoms with Crippen LogP contribution in [0.15, 0.2) is 29.8 Å². The van der Waals surface area contributed by atoms with Gasteiger partial charge in [-0.15, -0.1) is 0 Å². The van der Waals surface area contributed by atoms with Gasteiger partial charge in [-0.2, -0.15) is 0 Å². The Morgan fingerprint density at radius 1 is 1.19 bits per heavy atom. The number of hydrogen-bond donors (Lipinski definition) is 1. The molecule has 1 N–H and O–H groups in total. The third-order valence-electron chi connectivity index (χ3n) is 4.42. The van der Waals surface area contributed by atoms with Crippen LogP contribution in [0.2, 0.25) is 10.0 Å². The summed E-state index contributed by atoms with van der Waals surface area (Å²) in [6.45, 7) is 6.01. The number of carbonyl (C=O) groups is 2. The first-order valence-corrected chi connectivity index (χ1v) is 9.44. The van der Waals surface area contributed by atoms with E-state index in [1.165, 1.54) is 4.90 Å². The number of thiocarbonyl (C=S) groups is 1. The van der Waals surface area contributed by atoms with Crippen molar-refractivity contribution in [3.8, 4) is 5.69 Å². The maximum absolute atomic E-state index is 12.6. The van der Waals surface area contributed by atoms with Crippen molar-refractivity contribution in [2.75, 3.05) is 6.54 Å². The number of carbonyl (C=O) groups excluding carboxylic acids is 2. The minimum Gasteiger partial charge on any atom is -0.316 e. The lowest BCUT2D eigenvalue weighted by Gasteiger charge is -2.27. The predicted molar refractivity (Wildman–Crippen MR) is 111 cm³/mol. The van der Waals surface area contributed by atoms with Gasteiger partial charge in [0.05, 0.1) is 10.7 Å². The van der Waals surface area contributed by atoms with Gasteiger partial charge < -0.3 is 4.57 Å². The zero-order chi connectivity index (χ0) is 19.9. The first-order chi connectivity index (χ1) is 12.7. The fourth-order valence-corrected chi connectivity index (χ4v) is 3.90. The molecule has 2 heterocycles. The van der Waals surface area contributed by atoms with Crippen molar-refractivity contribution >= 4 is 58.4 Å². The number of nitrogens with zero attached hydrogens (tertiary/aromatic N) is 2. The number of halogens is 2. The van der Waals surface area contributed by atoms with Crippen LogP contribution in [0.4, 0.5) is 0 Å². The number of rotatable bonds is 3. The third-order valence-corrected chi connectivity index (χ3v) is 5.28. The van der Waals surface area contributed by atoms with Gasteiger partial charge in [0.2, 0.25) is 0 Å². The Kier molecular flexibility index (Phi) is 5.42. The molecular formula is C19H17Cl2N3O2S. The van der Waals surface area contributed by atoms with Crippen LogP contribution >= 0.6 is 35.4 Å². The van der Waals surface area contributed by atoms with Gasteiger partial charge in [0.25, 0.3) is 11.8 Å². The molecule has 2 aromatic rings. The van der Waals surface area contributed by atoms with Crippen LogP contribution in [0.5, 0.6) is 0 Å². The molecule has 27 heavy (non-hydrogen) atoms. The second-order valence-electron chi connectivity index (χ2n) is 6.12. The standard InChI is InChI=1S/C19H17Cl2N3O2S/c1-4-23-18(26)14(17(25)22-19(23)27)8-12-7-10(2)24(11(12)3)16-6-5-13(20)9-15(16)21/h5-9H,4H2,1-3H3,(H,22,25,27)/b14-8+. The minimum absolute atomic E-state index is 0.0490. The summed E-state index contributed by atoms with van der Waals surface area (Å²) in [5, 5.41) is 3.74. The first-order valence-electron chi connectivity index (χ1n) is 8.27. The van der Waals surface area contributed by atoms with E-state index < -0.39 is 11.8 Å². The Morgan fingerprint density at radius 2 is 1.89 bits per heavy atom. The van der Waals surface area contributed by atoms with Gasteiger partial charge in [-0.05, 0) is 68.9 Å². The Hall–Kier alpha value is -2.15. The van der Waals surface area contributed by atoms with Crippen LogP contribution in [-0.4, -0.2) is 32.9 Å². The van der Waals surface area contributed by atoms with Gasteiger partial charge in [0, 0.05) is 23.0 Å². The van der Waals surface area contributed by atoms with E-state index in [1.54, 1.807) is 25.1 Å². The van der Waals surface area contributed by atoms with E-state index >= 15 is 0 Å². The molecule has 0 unspecified atom stereocenters. The van der Waals surface area contributed by atoms with E-state index in [0.29, 0.717) is 16.6 Å². The van der Waals surface area contributed by atoms with Gasteiger partial charge in [-0.3, -0.25) is 19.8 Å². The number of nitrogens with one attached hydrogen (secondary N) is 1. The number of likely N-dealkylation sites (N-methyl/N-ethyl adjacent to an activating group) is 1. The average Bonchev–Trinajstić information content (AvgIpc) is 2.86. The summed E-state index contributed by atoms with van der Waals surface area (Å²) < 4.78 is 1.96. The molecule has 1 fully saturated rings. The van der Waals surface area contributed by atoms with E-state index in [9.17, 15) is 9.59 Å². The van der Waals surface area contributed by atoms with Crippen LogP contribution in [0, 0.1) is 13.8 Å². The zero-order valence-electron chi connectivity index (χ0n) is 15.0. The summed E-state index contributed by atoms with van der Waals surface area (Å²) in [5.41, 5.74) is 3.33. The second-order valence-corrected chi connectivity index (χ2v) is 7.35. The van der Waals surface area contributed by atoms with Crippen LogP contribution in [0.3, 0.4) is 0 Å². The number of amides is 2. The minimum atomic E-state index is -0.496. The lowest BCUT2D eigenvalue weighted by atomic mass is 10.1.